The van der Waals surface area contributed by atoms with Crippen molar-refractivity contribution in [3.05, 3.63) is 59.2 Å². The number of H-pyrrole nitrogens is 1. The van der Waals surface area contributed by atoms with Gasteiger partial charge in [0.2, 0.25) is 11.7 Å². The van der Waals surface area contributed by atoms with Crippen LogP contribution in [0, 0.1) is 5.82 Å². The van der Waals surface area contributed by atoms with Gasteiger partial charge in [0.05, 0.1) is 4.88 Å². The molecule has 9 heteroatoms. The number of rotatable bonds is 6. The van der Waals surface area contributed by atoms with E-state index in [-0.39, 0.29) is 11.7 Å². The van der Waals surface area contributed by atoms with Gasteiger partial charge in [-0.3, -0.25) is 9.69 Å². The third kappa shape index (κ3) is 4.24. The summed E-state index contributed by atoms with van der Waals surface area (Å²) in [6.45, 7) is 3.84. The molecule has 0 unspecified atom stereocenters. The van der Waals surface area contributed by atoms with Crippen LogP contribution in [0.5, 0.6) is 0 Å². The number of aromatic amines is 1. The molecule has 1 saturated heterocycles. The molecule has 0 radical (unpaired) electrons. The van der Waals surface area contributed by atoms with E-state index in [1.165, 1.54) is 6.07 Å². The Hall–Kier alpha value is -3.04. The highest BCUT2D eigenvalue weighted by molar-refractivity contribution is 7.13. The van der Waals surface area contributed by atoms with Gasteiger partial charge < -0.3 is 14.4 Å². The molecule has 0 bridgehead atoms. The van der Waals surface area contributed by atoms with Crippen LogP contribution in [-0.2, 0) is 6.42 Å². The number of hydrogen-bond acceptors (Lipinski definition) is 6. The van der Waals surface area contributed by atoms with E-state index in [0.29, 0.717) is 41.4 Å². The van der Waals surface area contributed by atoms with Gasteiger partial charge in [0.25, 0.3) is 5.91 Å². The number of benzene rings is 1. The summed E-state index contributed by atoms with van der Waals surface area (Å²) in [4.78, 5) is 25.5. The van der Waals surface area contributed by atoms with E-state index in [9.17, 15) is 9.18 Å². The normalized spacial score (nSPS) is 15.1. The van der Waals surface area contributed by atoms with E-state index in [4.69, 9.17) is 4.52 Å². The smallest absolute Gasteiger partial charge is 0.270 e. The lowest BCUT2D eigenvalue weighted by Gasteiger charge is -2.34. The average molecular weight is 440 g/mol. The van der Waals surface area contributed by atoms with Gasteiger partial charge in [0.1, 0.15) is 11.5 Å². The number of carbonyl (C=O) groups is 1. The number of aryl methyl sites for hydroxylation is 1. The summed E-state index contributed by atoms with van der Waals surface area (Å²) in [6.07, 6.45) is 1.65. The van der Waals surface area contributed by atoms with Crippen molar-refractivity contribution in [1.82, 2.24) is 24.9 Å². The van der Waals surface area contributed by atoms with Gasteiger partial charge in [-0.1, -0.05) is 17.3 Å². The maximum Gasteiger partial charge on any atom is 0.270 e. The molecule has 1 amide bonds. The lowest BCUT2D eigenvalue weighted by Crippen LogP contribution is -2.49. The first kappa shape index (κ1) is 19.9. The van der Waals surface area contributed by atoms with Gasteiger partial charge in [0, 0.05) is 43.5 Å². The Morgan fingerprint density at radius 1 is 1.19 bits per heavy atom. The van der Waals surface area contributed by atoms with Gasteiger partial charge in [-0.15, -0.1) is 11.3 Å². The van der Waals surface area contributed by atoms with E-state index in [1.807, 2.05) is 22.4 Å². The number of aromatic nitrogens is 3. The van der Waals surface area contributed by atoms with E-state index in [1.54, 1.807) is 29.5 Å². The van der Waals surface area contributed by atoms with Gasteiger partial charge in [-0.25, -0.2) is 4.39 Å². The Labute approximate surface area is 182 Å². The van der Waals surface area contributed by atoms with Crippen molar-refractivity contribution in [3.63, 3.8) is 0 Å². The van der Waals surface area contributed by atoms with Crippen LogP contribution in [0.25, 0.3) is 21.6 Å². The number of thiophene rings is 1. The Bertz CT molecular complexity index is 1180. The first-order chi connectivity index (χ1) is 15.2. The van der Waals surface area contributed by atoms with Crippen LogP contribution in [0.2, 0.25) is 0 Å². The number of amides is 1. The molecular formula is C22H22FN5O2S. The van der Waals surface area contributed by atoms with E-state index in [0.717, 1.165) is 37.4 Å². The zero-order valence-corrected chi connectivity index (χ0v) is 17.7. The number of carbonyl (C=O) groups excluding carboxylic acids is 1. The highest BCUT2D eigenvalue weighted by Crippen LogP contribution is 2.22. The Balaban J connectivity index is 1.10. The van der Waals surface area contributed by atoms with Crippen LogP contribution in [0.4, 0.5) is 4.39 Å². The highest BCUT2D eigenvalue weighted by atomic mass is 32.1. The molecular weight excluding hydrogens is 417 g/mol. The van der Waals surface area contributed by atoms with Crippen molar-refractivity contribution < 1.29 is 13.7 Å². The maximum atomic E-state index is 13.9. The molecule has 0 spiro atoms. The molecule has 0 aliphatic carbocycles. The number of nitrogens with one attached hydrogen (secondary N) is 1. The summed E-state index contributed by atoms with van der Waals surface area (Å²) in [5.41, 5.74) is 1.08. The minimum atomic E-state index is -0.318. The van der Waals surface area contributed by atoms with Gasteiger partial charge in [-0.2, -0.15) is 4.98 Å². The minimum Gasteiger partial charge on any atom is -0.350 e. The first-order valence-corrected chi connectivity index (χ1v) is 11.2. The van der Waals surface area contributed by atoms with E-state index >= 15 is 0 Å². The number of halogens is 1. The van der Waals surface area contributed by atoms with Crippen molar-refractivity contribution in [2.45, 2.75) is 12.8 Å². The molecule has 1 aliphatic rings. The molecule has 31 heavy (non-hydrogen) atoms. The standard InChI is InChI=1S/C22H22FN5O2S/c23-16-4-1-5-17-15(16)14-18(24-17)22(29)28-11-9-27(10-12-28)8-2-7-20-25-21(26-30-20)19-6-3-13-31-19/h1,3-6,13-14,24H,2,7-12H2. The Kier molecular flexibility index (Phi) is 5.52. The van der Waals surface area contributed by atoms with E-state index < -0.39 is 0 Å². The predicted molar refractivity (Wildman–Crippen MR) is 117 cm³/mol. The highest BCUT2D eigenvalue weighted by Gasteiger charge is 2.23. The summed E-state index contributed by atoms with van der Waals surface area (Å²) >= 11 is 1.59. The van der Waals surface area contributed by atoms with E-state index in [2.05, 4.69) is 20.0 Å². The molecule has 1 aliphatic heterocycles. The molecule has 7 nitrogen and oxygen atoms in total. The maximum absolute atomic E-state index is 13.9. The second-order valence-corrected chi connectivity index (χ2v) is 8.56. The molecule has 1 N–H and O–H groups in total. The second kappa shape index (κ2) is 8.60. The summed E-state index contributed by atoms with van der Waals surface area (Å²) in [6, 6.07) is 10.4. The van der Waals surface area contributed by atoms with Crippen molar-refractivity contribution >= 4 is 28.1 Å². The monoisotopic (exact) mass is 439 g/mol. The van der Waals surface area contributed by atoms with Crippen molar-refractivity contribution in [2.24, 2.45) is 0 Å². The van der Waals surface area contributed by atoms with Crippen LogP contribution < -0.4 is 0 Å². The molecule has 0 saturated carbocycles. The number of nitrogens with zero attached hydrogens (tertiary/aromatic N) is 4. The summed E-state index contributed by atoms with van der Waals surface area (Å²) in [5, 5.41) is 6.49. The van der Waals surface area contributed by atoms with Crippen LogP contribution in [0.3, 0.4) is 0 Å². The largest absolute Gasteiger partial charge is 0.350 e. The lowest BCUT2D eigenvalue weighted by atomic mass is 10.2. The quantitative estimate of drug-likeness (QED) is 0.494. The first-order valence-electron chi connectivity index (χ1n) is 10.3. The SMILES string of the molecule is O=C(c1cc2c(F)cccc2[nH]1)N1CCN(CCCc2nc(-c3cccs3)no2)CC1. The van der Waals surface area contributed by atoms with Crippen LogP contribution >= 0.6 is 11.3 Å². The molecule has 5 rings (SSSR count). The van der Waals surface area contributed by atoms with Gasteiger partial charge >= 0.3 is 0 Å². The molecule has 160 valence electrons. The predicted octanol–water partition coefficient (Wildman–Crippen LogP) is 3.81. The minimum absolute atomic E-state index is 0.0813. The molecule has 0 atom stereocenters. The Morgan fingerprint density at radius 3 is 2.84 bits per heavy atom. The molecule has 1 fully saturated rings. The van der Waals surface area contributed by atoms with Crippen LogP contribution in [0.15, 0.2) is 46.3 Å². The number of fused-ring (bicyclic) bond motifs is 1. The molecule has 4 aromatic rings. The summed E-state index contributed by atoms with van der Waals surface area (Å²) < 4.78 is 19.3. The van der Waals surface area contributed by atoms with Crippen molar-refractivity contribution in [3.8, 4) is 10.7 Å². The van der Waals surface area contributed by atoms with Crippen molar-refractivity contribution in [2.75, 3.05) is 32.7 Å². The van der Waals surface area contributed by atoms with Crippen LogP contribution in [0.1, 0.15) is 22.8 Å². The zero-order chi connectivity index (χ0) is 21.2. The van der Waals surface area contributed by atoms with Crippen molar-refractivity contribution in [1.29, 1.82) is 0 Å². The summed E-state index contributed by atoms with van der Waals surface area (Å²) in [7, 11) is 0. The summed E-state index contributed by atoms with van der Waals surface area (Å²) in [5.74, 6) is 0.904. The molecule has 4 heterocycles. The lowest BCUT2D eigenvalue weighted by molar-refractivity contribution is 0.0631. The van der Waals surface area contributed by atoms with Crippen LogP contribution in [-0.4, -0.2) is 63.6 Å². The fourth-order valence-corrected chi connectivity index (χ4v) is 4.54. The number of piperazine rings is 1. The molecule has 3 aromatic heterocycles. The topological polar surface area (TPSA) is 78.3 Å². The zero-order valence-electron chi connectivity index (χ0n) is 16.9. The average Bonchev–Trinajstić information content (AvgIpc) is 3.54. The second-order valence-electron chi connectivity index (χ2n) is 7.61. The fourth-order valence-electron chi connectivity index (χ4n) is 3.89. The third-order valence-corrected chi connectivity index (χ3v) is 6.44. The third-order valence-electron chi connectivity index (χ3n) is 5.58. The van der Waals surface area contributed by atoms with Gasteiger partial charge in [-0.05, 0) is 42.6 Å². The van der Waals surface area contributed by atoms with Gasteiger partial charge in [0.15, 0.2) is 0 Å². The fraction of sp³-hybridized carbons (Fsp3) is 0.318. The molecule has 1 aromatic carbocycles. The Morgan fingerprint density at radius 2 is 2.06 bits per heavy atom. The number of hydrogen-bond donors (Lipinski definition) is 1.